The highest BCUT2D eigenvalue weighted by Crippen LogP contribution is 2.34. The predicted octanol–water partition coefficient (Wildman–Crippen LogP) is 1.73. The van der Waals surface area contributed by atoms with Crippen LogP contribution in [0.15, 0.2) is 36.4 Å². The molecule has 3 N–H and O–H groups in total. The van der Waals surface area contributed by atoms with Crippen LogP contribution in [0.2, 0.25) is 0 Å². The third-order valence-electron chi connectivity index (χ3n) is 3.14. The van der Waals surface area contributed by atoms with Crippen LogP contribution in [-0.2, 0) is 0 Å². The Labute approximate surface area is 114 Å². The van der Waals surface area contributed by atoms with Gasteiger partial charge in [0.05, 0.1) is 7.11 Å². The molecule has 100 valence electrons. The molecule has 0 bridgehead atoms. The summed E-state index contributed by atoms with van der Waals surface area (Å²) in [6, 6.07) is 11.4. The Morgan fingerprint density at radius 3 is 2.60 bits per heavy atom. The number of aromatic amines is 1. The molecule has 0 spiro atoms. The van der Waals surface area contributed by atoms with Gasteiger partial charge >= 0.3 is 0 Å². The maximum absolute atomic E-state index is 11.4. The molecule has 0 aliphatic carbocycles. The van der Waals surface area contributed by atoms with Gasteiger partial charge in [-0.2, -0.15) is 15.4 Å². The molecule has 3 aromatic rings. The van der Waals surface area contributed by atoms with E-state index >= 15 is 0 Å². The number of carbonyl (C=O) groups excluding carboxylic acids is 1. The highest BCUT2D eigenvalue weighted by molar-refractivity contribution is 6.04. The van der Waals surface area contributed by atoms with Gasteiger partial charge in [0.2, 0.25) is 0 Å². The number of carbonyl (C=O) groups is 1. The summed E-state index contributed by atoms with van der Waals surface area (Å²) in [5, 5.41) is 12.1. The quantitative estimate of drug-likeness (QED) is 0.756. The van der Waals surface area contributed by atoms with Gasteiger partial charge in [-0.25, -0.2) is 0 Å². The molecule has 1 amide bonds. The number of primary amides is 1. The van der Waals surface area contributed by atoms with Crippen molar-refractivity contribution in [2.24, 2.45) is 5.73 Å². The van der Waals surface area contributed by atoms with Crippen LogP contribution in [-0.4, -0.2) is 28.4 Å². The third-order valence-corrected chi connectivity index (χ3v) is 3.14. The number of nitrogens with zero attached hydrogens (tertiary/aromatic N) is 2. The summed E-state index contributed by atoms with van der Waals surface area (Å²) in [4.78, 5) is 11.4. The molecule has 0 fully saturated rings. The fourth-order valence-electron chi connectivity index (χ4n) is 2.25. The zero-order valence-electron chi connectivity index (χ0n) is 10.8. The summed E-state index contributed by atoms with van der Waals surface area (Å²) >= 11 is 0. The smallest absolute Gasteiger partial charge is 0.271 e. The van der Waals surface area contributed by atoms with Crippen LogP contribution in [0, 0.1) is 0 Å². The van der Waals surface area contributed by atoms with Crippen molar-refractivity contribution >= 4 is 16.7 Å². The molecular formula is C14H12N4O2. The molecule has 1 aromatic heterocycles. The topological polar surface area (TPSA) is 93.9 Å². The van der Waals surface area contributed by atoms with E-state index in [9.17, 15) is 4.79 Å². The first-order valence-electron chi connectivity index (χ1n) is 5.99. The zero-order chi connectivity index (χ0) is 14.1. The lowest BCUT2D eigenvalue weighted by Gasteiger charge is -2.09. The summed E-state index contributed by atoms with van der Waals surface area (Å²) in [5.74, 6) is 0.141. The van der Waals surface area contributed by atoms with Gasteiger partial charge in [0.15, 0.2) is 5.69 Å². The SMILES string of the molecule is COc1ccc(-c2n[nH]nc2C(N)=O)c2ccccc12. The zero-order valence-corrected chi connectivity index (χ0v) is 10.8. The number of benzene rings is 2. The van der Waals surface area contributed by atoms with Crippen molar-refractivity contribution in [2.75, 3.05) is 7.11 Å². The summed E-state index contributed by atoms with van der Waals surface area (Å²) in [5.41, 5.74) is 6.66. The number of methoxy groups -OCH3 is 1. The average molecular weight is 268 g/mol. The van der Waals surface area contributed by atoms with Gasteiger partial charge in [0, 0.05) is 10.9 Å². The lowest BCUT2D eigenvalue weighted by atomic mass is 10.00. The van der Waals surface area contributed by atoms with Gasteiger partial charge in [-0.15, -0.1) is 0 Å². The number of rotatable bonds is 3. The van der Waals surface area contributed by atoms with Gasteiger partial charge in [-0.3, -0.25) is 4.79 Å². The number of nitrogens with two attached hydrogens (primary N) is 1. The van der Waals surface area contributed by atoms with Gasteiger partial charge in [-0.1, -0.05) is 24.3 Å². The van der Waals surface area contributed by atoms with Crippen LogP contribution in [0.3, 0.4) is 0 Å². The standard InChI is InChI=1S/C14H12N4O2/c1-20-11-7-6-10(8-4-2-3-5-9(8)11)12-13(14(15)19)17-18-16-12/h2-7H,1H3,(H2,15,19)(H,16,17,18). The predicted molar refractivity (Wildman–Crippen MR) is 74.4 cm³/mol. The second-order valence-electron chi connectivity index (χ2n) is 4.25. The number of amides is 1. The summed E-state index contributed by atoms with van der Waals surface area (Å²) in [7, 11) is 1.62. The summed E-state index contributed by atoms with van der Waals surface area (Å²) in [6.07, 6.45) is 0. The highest BCUT2D eigenvalue weighted by atomic mass is 16.5. The molecule has 20 heavy (non-hydrogen) atoms. The van der Waals surface area contributed by atoms with Crippen molar-refractivity contribution in [2.45, 2.75) is 0 Å². The Kier molecular flexibility index (Phi) is 2.83. The van der Waals surface area contributed by atoms with Crippen LogP contribution in [0.25, 0.3) is 22.0 Å². The number of hydrogen-bond donors (Lipinski definition) is 2. The van der Waals surface area contributed by atoms with Crippen LogP contribution in [0.5, 0.6) is 5.75 Å². The van der Waals surface area contributed by atoms with Crippen LogP contribution < -0.4 is 10.5 Å². The lowest BCUT2D eigenvalue weighted by molar-refractivity contribution is 0.0996. The number of H-pyrrole nitrogens is 1. The van der Waals surface area contributed by atoms with E-state index in [1.807, 2.05) is 36.4 Å². The normalized spacial score (nSPS) is 10.7. The van der Waals surface area contributed by atoms with Crippen LogP contribution in [0.1, 0.15) is 10.5 Å². The Hall–Kier alpha value is -2.89. The molecule has 0 saturated heterocycles. The average Bonchev–Trinajstić information content (AvgIpc) is 2.95. The Balaban J connectivity index is 2.32. The first-order chi connectivity index (χ1) is 9.72. The first-order valence-corrected chi connectivity index (χ1v) is 5.99. The van der Waals surface area contributed by atoms with Crippen molar-refractivity contribution in [1.82, 2.24) is 15.4 Å². The van der Waals surface area contributed by atoms with Crippen molar-refractivity contribution in [1.29, 1.82) is 0 Å². The molecule has 0 aliphatic rings. The summed E-state index contributed by atoms with van der Waals surface area (Å²) in [6.45, 7) is 0. The van der Waals surface area contributed by atoms with Crippen molar-refractivity contribution in [3.8, 4) is 17.0 Å². The first kappa shape index (κ1) is 12.2. The fraction of sp³-hybridized carbons (Fsp3) is 0.0714. The van der Waals surface area contributed by atoms with Gasteiger partial charge in [0.25, 0.3) is 5.91 Å². The molecule has 1 heterocycles. The number of nitrogens with one attached hydrogen (secondary N) is 1. The van der Waals surface area contributed by atoms with E-state index in [2.05, 4.69) is 15.4 Å². The minimum atomic E-state index is -0.617. The largest absolute Gasteiger partial charge is 0.496 e. The third kappa shape index (κ3) is 1.78. The lowest BCUT2D eigenvalue weighted by Crippen LogP contribution is -2.12. The molecule has 6 heteroatoms. The highest BCUT2D eigenvalue weighted by Gasteiger charge is 2.18. The van der Waals surface area contributed by atoms with E-state index in [4.69, 9.17) is 10.5 Å². The second-order valence-corrected chi connectivity index (χ2v) is 4.25. The van der Waals surface area contributed by atoms with Crippen molar-refractivity contribution in [3.05, 3.63) is 42.1 Å². The number of hydrogen-bond acceptors (Lipinski definition) is 4. The van der Waals surface area contributed by atoms with Gasteiger partial charge in [0.1, 0.15) is 11.4 Å². The monoisotopic (exact) mass is 268 g/mol. The molecule has 6 nitrogen and oxygen atoms in total. The van der Waals surface area contributed by atoms with E-state index in [-0.39, 0.29) is 5.69 Å². The maximum atomic E-state index is 11.4. The van der Waals surface area contributed by atoms with Crippen LogP contribution in [0.4, 0.5) is 0 Å². The maximum Gasteiger partial charge on any atom is 0.271 e. The van der Waals surface area contributed by atoms with Crippen molar-refractivity contribution < 1.29 is 9.53 Å². The molecule has 3 rings (SSSR count). The molecule has 0 radical (unpaired) electrons. The van der Waals surface area contributed by atoms with Gasteiger partial charge in [-0.05, 0) is 17.5 Å². The Morgan fingerprint density at radius 1 is 1.15 bits per heavy atom. The number of fused-ring (bicyclic) bond motifs is 1. The fourth-order valence-corrected chi connectivity index (χ4v) is 2.25. The molecule has 2 aromatic carbocycles. The number of ether oxygens (including phenoxy) is 1. The second kappa shape index (κ2) is 4.65. The minimum absolute atomic E-state index is 0.125. The van der Waals surface area contributed by atoms with Gasteiger partial charge < -0.3 is 10.5 Å². The molecule has 0 saturated carbocycles. The van der Waals surface area contributed by atoms with E-state index in [1.165, 1.54) is 0 Å². The van der Waals surface area contributed by atoms with E-state index in [0.29, 0.717) is 5.69 Å². The van der Waals surface area contributed by atoms with E-state index < -0.39 is 5.91 Å². The Bertz CT molecular complexity index is 795. The van der Waals surface area contributed by atoms with E-state index in [0.717, 1.165) is 22.1 Å². The molecule has 0 aliphatic heterocycles. The van der Waals surface area contributed by atoms with E-state index in [1.54, 1.807) is 7.11 Å². The Morgan fingerprint density at radius 2 is 1.90 bits per heavy atom. The van der Waals surface area contributed by atoms with Crippen molar-refractivity contribution in [3.63, 3.8) is 0 Å². The van der Waals surface area contributed by atoms with Crippen LogP contribution >= 0.6 is 0 Å². The summed E-state index contributed by atoms with van der Waals surface area (Å²) < 4.78 is 5.34. The number of aromatic nitrogens is 3. The minimum Gasteiger partial charge on any atom is -0.496 e. The molecule has 0 unspecified atom stereocenters. The molecule has 0 atom stereocenters. The molecular weight excluding hydrogens is 256 g/mol.